The van der Waals surface area contributed by atoms with Gasteiger partial charge in [-0.05, 0) is 65.1 Å². The van der Waals surface area contributed by atoms with Crippen molar-refractivity contribution in [3.63, 3.8) is 0 Å². The molecule has 2 nitrogen and oxygen atoms in total. The Morgan fingerprint density at radius 1 is 0.579 bits per heavy atom. The first-order valence-electron chi connectivity index (χ1n) is 12.8. The number of hydrogen-bond donors (Lipinski definition) is 0. The predicted octanol–water partition coefficient (Wildman–Crippen LogP) is 8.42. The summed E-state index contributed by atoms with van der Waals surface area (Å²) in [6.07, 6.45) is 4.26. The molecule has 0 saturated heterocycles. The minimum atomic E-state index is -0.236. The molecule has 0 atom stereocenters. The van der Waals surface area contributed by atoms with Gasteiger partial charge in [-0.25, -0.2) is 8.96 Å². The lowest BCUT2D eigenvalue weighted by Crippen LogP contribution is -2.29. The summed E-state index contributed by atoms with van der Waals surface area (Å²) in [6, 6.07) is 40.7. The summed E-state index contributed by atoms with van der Waals surface area (Å²) in [5.41, 5.74) is 9.98. The average Bonchev–Trinajstić information content (AvgIpc) is 3.34. The first-order valence-corrected chi connectivity index (χ1v) is 12.8. The fourth-order valence-corrected chi connectivity index (χ4v) is 5.18. The molecule has 1 aromatic heterocycles. The Kier molecular flexibility index (Phi) is 6.19. The van der Waals surface area contributed by atoms with Crippen LogP contribution in [0.1, 0.15) is 5.56 Å². The number of aromatic nitrogens is 2. The number of imidazole rings is 1. The lowest BCUT2D eigenvalue weighted by Gasteiger charge is -2.17. The monoisotopic (exact) mass is 495 g/mol. The molecule has 0 amide bonds. The van der Waals surface area contributed by atoms with Crippen LogP contribution in [0.2, 0.25) is 0 Å². The zero-order valence-corrected chi connectivity index (χ0v) is 21.5. The Hall–Kier alpha value is -4.76. The Morgan fingerprint density at radius 3 is 1.71 bits per heavy atom. The maximum Gasteiger partial charge on any atom is 0.294 e. The van der Waals surface area contributed by atoms with Gasteiger partial charge in [-0.2, -0.15) is 4.57 Å². The number of nitrogens with zero attached hydrogens (tertiary/aromatic N) is 2. The molecule has 0 saturated carbocycles. The van der Waals surface area contributed by atoms with E-state index in [2.05, 4.69) is 120 Å². The van der Waals surface area contributed by atoms with E-state index in [0.717, 1.165) is 44.9 Å². The van der Waals surface area contributed by atoms with Crippen molar-refractivity contribution < 1.29 is 8.96 Å². The molecule has 6 rings (SSSR count). The zero-order valence-electron chi connectivity index (χ0n) is 21.5. The van der Waals surface area contributed by atoms with Crippen LogP contribution in [0.3, 0.4) is 0 Å². The molecule has 3 heteroatoms. The highest BCUT2D eigenvalue weighted by Gasteiger charge is 2.27. The molecule has 0 radical (unpaired) electrons. The zero-order chi connectivity index (χ0) is 26.1. The van der Waals surface area contributed by atoms with Crippen molar-refractivity contribution in [3.05, 3.63) is 145 Å². The van der Waals surface area contributed by atoms with Crippen molar-refractivity contribution in [1.29, 1.82) is 0 Å². The highest BCUT2D eigenvalue weighted by atomic mass is 19.1. The molecular formula is C35H28FN2+. The van der Waals surface area contributed by atoms with E-state index in [4.69, 9.17) is 0 Å². The van der Waals surface area contributed by atoms with Gasteiger partial charge in [-0.3, -0.25) is 0 Å². The molecule has 0 spiro atoms. The second-order valence-electron chi connectivity index (χ2n) is 9.58. The lowest BCUT2D eigenvalue weighted by molar-refractivity contribution is -0.659. The SMILES string of the molecule is Cc1ccccc1-c1n(-c2c(-c3ccccc3)cc(-c3ccc(F)cc3)cc2-c2ccccc2)cc[n+]1C. The fourth-order valence-electron chi connectivity index (χ4n) is 5.18. The van der Waals surface area contributed by atoms with Gasteiger partial charge in [-0.15, -0.1) is 0 Å². The number of benzene rings is 5. The highest BCUT2D eigenvalue weighted by molar-refractivity contribution is 5.91. The van der Waals surface area contributed by atoms with Gasteiger partial charge in [0.15, 0.2) is 0 Å². The van der Waals surface area contributed by atoms with E-state index >= 15 is 0 Å². The summed E-state index contributed by atoms with van der Waals surface area (Å²) in [5.74, 6) is 0.867. The third kappa shape index (κ3) is 4.33. The first-order chi connectivity index (χ1) is 18.6. The summed E-state index contributed by atoms with van der Waals surface area (Å²) in [7, 11) is 2.09. The second-order valence-corrected chi connectivity index (χ2v) is 9.58. The van der Waals surface area contributed by atoms with Crippen LogP contribution in [0.4, 0.5) is 4.39 Å². The van der Waals surface area contributed by atoms with Gasteiger partial charge in [-0.1, -0.05) is 91.0 Å². The van der Waals surface area contributed by atoms with E-state index < -0.39 is 0 Å². The van der Waals surface area contributed by atoms with Gasteiger partial charge in [0, 0.05) is 11.1 Å². The third-order valence-electron chi connectivity index (χ3n) is 7.09. The van der Waals surface area contributed by atoms with E-state index in [1.807, 2.05) is 24.3 Å². The van der Waals surface area contributed by atoms with Crippen LogP contribution in [0.25, 0.3) is 50.5 Å². The Labute approximate surface area is 222 Å². The largest absolute Gasteiger partial charge is 0.294 e. The number of rotatable bonds is 5. The van der Waals surface area contributed by atoms with Crippen LogP contribution >= 0.6 is 0 Å². The van der Waals surface area contributed by atoms with Gasteiger partial charge in [0.25, 0.3) is 5.82 Å². The van der Waals surface area contributed by atoms with Crippen molar-refractivity contribution in [3.8, 4) is 50.5 Å². The van der Waals surface area contributed by atoms with E-state index in [1.165, 1.54) is 23.3 Å². The lowest BCUT2D eigenvalue weighted by atomic mass is 9.90. The minimum absolute atomic E-state index is 0.236. The average molecular weight is 496 g/mol. The van der Waals surface area contributed by atoms with E-state index in [0.29, 0.717) is 0 Å². The molecule has 0 aliphatic heterocycles. The van der Waals surface area contributed by atoms with Gasteiger partial charge < -0.3 is 0 Å². The van der Waals surface area contributed by atoms with Crippen LogP contribution in [0.5, 0.6) is 0 Å². The quantitative estimate of drug-likeness (QED) is 0.212. The van der Waals surface area contributed by atoms with Gasteiger partial charge in [0.05, 0.1) is 12.6 Å². The van der Waals surface area contributed by atoms with E-state index in [1.54, 1.807) is 0 Å². The summed E-state index contributed by atoms with van der Waals surface area (Å²) < 4.78 is 18.3. The first kappa shape index (κ1) is 23.6. The summed E-state index contributed by atoms with van der Waals surface area (Å²) in [6.45, 7) is 2.15. The molecule has 0 aliphatic carbocycles. The molecule has 184 valence electrons. The van der Waals surface area contributed by atoms with Crippen LogP contribution in [-0.4, -0.2) is 4.57 Å². The van der Waals surface area contributed by atoms with E-state index in [-0.39, 0.29) is 5.82 Å². The van der Waals surface area contributed by atoms with Crippen LogP contribution in [0, 0.1) is 12.7 Å². The van der Waals surface area contributed by atoms with Gasteiger partial charge >= 0.3 is 0 Å². The topological polar surface area (TPSA) is 8.81 Å². The normalized spacial score (nSPS) is 11.0. The van der Waals surface area contributed by atoms with E-state index in [9.17, 15) is 4.39 Å². The van der Waals surface area contributed by atoms with Crippen LogP contribution < -0.4 is 4.57 Å². The number of halogens is 1. The van der Waals surface area contributed by atoms with Gasteiger partial charge in [0.2, 0.25) is 0 Å². The molecule has 0 N–H and O–H groups in total. The summed E-state index contributed by atoms with van der Waals surface area (Å²) in [4.78, 5) is 0. The molecule has 0 fully saturated rings. The maximum absolute atomic E-state index is 13.8. The van der Waals surface area contributed by atoms with Crippen molar-refractivity contribution in [2.45, 2.75) is 6.92 Å². The Balaban J connectivity index is 1.73. The summed E-state index contributed by atoms with van der Waals surface area (Å²) in [5, 5.41) is 0. The predicted molar refractivity (Wildman–Crippen MR) is 153 cm³/mol. The second kappa shape index (κ2) is 9.95. The Morgan fingerprint density at radius 2 is 1.13 bits per heavy atom. The standard InChI is InChI=1S/C35H28FN2/c1-25-11-9-10-16-31(25)35-37(2)21-22-38(35)34-32(27-12-5-3-6-13-27)23-29(26-17-19-30(36)20-18-26)24-33(34)28-14-7-4-8-15-28/h3-24H,1-2H3/q+1. The molecule has 5 aromatic carbocycles. The van der Waals surface area contributed by atoms with Crippen molar-refractivity contribution in [1.82, 2.24) is 4.57 Å². The van der Waals surface area contributed by atoms with Crippen molar-refractivity contribution in [2.75, 3.05) is 0 Å². The van der Waals surface area contributed by atoms with Crippen LogP contribution in [-0.2, 0) is 7.05 Å². The maximum atomic E-state index is 13.8. The minimum Gasteiger partial charge on any atom is -0.232 e. The smallest absolute Gasteiger partial charge is 0.232 e. The Bertz CT molecular complexity index is 1660. The molecule has 1 heterocycles. The molecule has 0 bridgehead atoms. The van der Waals surface area contributed by atoms with Crippen molar-refractivity contribution >= 4 is 0 Å². The molecular weight excluding hydrogens is 467 g/mol. The summed E-state index contributed by atoms with van der Waals surface area (Å²) >= 11 is 0. The van der Waals surface area contributed by atoms with Gasteiger partial charge in [0.1, 0.15) is 23.9 Å². The molecule has 0 unspecified atom stereocenters. The van der Waals surface area contributed by atoms with Crippen LogP contribution in [0.15, 0.2) is 134 Å². The third-order valence-corrected chi connectivity index (χ3v) is 7.09. The number of hydrogen-bond acceptors (Lipinski definition) is 0. The molecule has 38 heavy (non-hydrogen) atoms. The molecule has 0 aliphatic rings. The fraction of sp³-hybridized carbons (Fsp3) is 0.0571. The highest BCUT2D eigenvalue weighted by Crippen LogP contribution is 2.41. The van der Waals surface area contributed by atoms with Crippen molar-refractivity contribution in [2.24, 2.45) is 7.05 Å². The number of aryl methyl sites for hydroxylation is 2. The molecule has 6 aromatic rings.